The van der Waals surface area contributed by atoms with Crippen LogP contribution in [0.15, 0.2) is 30.3 Å². The van der Waals surface area contributed by atoms with E-state index in [1.807, 2.05) is 0 Å². The monoisotopic (exact) mass is 272 g/mol. The molecule has 0 aliphatic carbocycles. The fraction of sp³-hybridized carbons (Fsp3) is 0.667. The van der Waals surface area contributed by atoms with E-state index in [0.29, 0.717) is 6.04 Å². The van der Waals surface area contributed by atoms with E-state index in [1.54, 1.807) is 0 Å². The second kappa shape index (κ2) is 6.28. The molecule has 0 radical (unpaired) electrons. The Kier molecular flexibility index (Phi) is 4.42. The molecule has 0 aromatic heterocycles. The van der Waals surface area contributed by atoms with Crippen molar-refractivity contribution in [2.45, 2.75) is 45.2 Å². The van der Waals surface area contributed by atoms with Crippen LogP contribution in [0.5, 0.6) is 0 Å². The highest BCUT2D eigenvalue weighted by molar-refractivity contribution is 5.20. The molecule has 2 heteroatoms. The van der Waals surface area contributed by atoms with Crippen molar-refractivity contribution in [1.82, 2.24) is 10.2 Å². The van der Waals surface area contributed by atoms with Crippen LogP contribution in [0.25, 0.3) is 0 Å². The molecule has 20 heavy (non-hydrogen) atoms. The normalized spacial score (nSPS) is 31.4. The highest BCUT2D eigenvalue weighted by atomic mass is 15.2. The Morgan fingerprint density at radius 2 is 2.00 bits per heavy atom. The molecular formula is C18H28N2. The zero-order valence-electron chi connectivity index (χ0n) is 12.9. The first-order valence-electron chi connectivity index (χ1n) is 8.36. The Morgan fingerprint density at radius 3 is 2.70 bits per heavy atom. The average Bonchev–Trinajstić information content (AvgIpc) is 3.06. The maximum atomic E-state index is 3.59. The van der Waals surface area contributed by atoms with Gasteiger partial charge in [-0.05, 0) is 43.3 Å². The molecule has 2 aliphatic heterocycles. The van der Waals surface area contributed by atoms with Gasteiger partial charge in [-0.2, -0.15) is 0 Å². The predicted octanol–water partition coefficient (Wildman–Crippen LogP) is 3.46. The lowest BCUT2D eigenvalue weighted by molar-refractivity contribution is 0.146. The van der Waals surface area contributed by atoms with Crippen molar-refractivity contribution in [2.75, 3.05) is 19.6 Å². The summed E-state index contributed by atoms with van der Waals surface area (Å²) in [6, 6.07) is 12.5. The van der Waals surface area contributed by atoms with Crippen LogP contribution >= 0.6 is 0 Å². The second-order valence-corrected chi connectivity index (χ2v) is 6.47. The molecule has 2 fully saturated rings. The van der Waals surface area contributed by atoms with Gasteiger partial charge >= 0.3 is 0 Å². The Morgan fingerprint density at radius 1 is 1.20 bits per heavy atom. The molecule has 110 valence electrons. The standard InChI is InChI=1S/C18H28N2/c1-3-8-18(14-9-6-5-7-10-14)20-13-15-11-19-12-16(15)17(20)4-2/h5-7,9-10,15-19H,3-4,8,11-13H2,1-2H3. The van der Waals surface area contributed by atoms with E-state index in [-0.39, 0.29) is 0 Å². The summed E-state index contributed by atoms with van der Waals surface area (Å²) < 4.78 is 0. The number of fused-ring (bicyclic) bond motifs is 1. The number of benzene rings is 1. The van der Waals surface area contributed by atoms with E-state index in [4.69, 9.17) is 0 Å². The number of rotatable bonds is 5. The van der Waals surface area contributed by atoms with Crippen LogP contribution in [-0.2, 0) is 0 Å². The first-order valence-corrected chi connectivity index (χ1v) is 8.36. The summed E-state index contributed by atoms with van der Waals surface area (Å²) in [5, 5.41) is 3.59. The molecule has 0 saturated carbocycles. The second-order valence-electron chi connectivity index (χ2n) is 6.47. The van der Waals surface area contributed by atoms with Gasteiger partial charge in [-0.3, -0.25) is 4.90 Å². The topological polar surface area (TPSA) is 15.3 Å². The van der Waals surface area contributed by atoms with Gasteiger partial charge in [0.1, 0.15) is 0 Å². The first kappa shape index (κ1) is 14.1. The van der Waals surface area contributed by atoms with Crippen LogP contribution in [0.1, 0.15) is 44.7 Å². The van der Waals surface area contributed by atoms with Gasteiger partial charge in [0.15, 0.2) is 0 Å². The highest BCUT2D eigenvalue weighted by Crippen LogP contribution is 2.40. The van der Waals surface area contributed by atoms with Gasteiger partial charge in [-0.25, -0.2) is 0 Å². The van der Waals surface area contributed by atoms with Crippen LogP contribution in [-0.4, -0.2) is 30.6 Å². The lowest BCUT2D eigenvalue weighted by Crippen LogP contribution is -2.38. The van der Waals surface area contributed by atoms with Gasteiger partial charge in [-0.15, -0.1) is 0 Å². The SMILES string of the molecule is CCCC(c1ccccc1)N1CC2CNCC2C1CC. The molecule has 4 unspecified atom stereocenters. The summed E-state index contributed by atoms with van der Waals surface area (Å²) in [6.07, 6.45) is 3.84. The molecule has 2 aliphatic rings. The van der Waals surface area contributed by atoms with E-state index in [2.05, 4.69) is 54.4 Å². The number of nitrogens with zero attached hydrogens (tertiary/aromatic N) is 1. The van der Waals surface area contributed by atoms with Gasteiger partial charge in [0.25, 0.3) is 0 Å². The molecule has 1 N–H and O–H groups in total. The molecule has 1 aromatic carbocycles. The minimum Gasteiger partial charge on any atom is -0.316 e. The molecule has 0 spiro atoms. The fourth-order valence-electron chi connectivity index (χ4n) is 4.42. The average molecular weight is 272 g/mol. The van der Waals surface area contributed by atoms with E-state index in [9.17, 15) is 0 Å². The summed E-state index contributed by atoms with van der Waals surface area (Å²) in [7, 11) is 0. The minimum atomic E-state index is 0.622. The number of likely N-dealkylation sites (tertiary alicyclic amines) is 1. The number of hydrogen-bond acceptors (Lipinski definition) is 2. The minimum absolute atomic E-state index is 0.622. The molecule has 0 bridgehead atoms. The molecule has 2 saturated heterocycles. The third-order valence-electron chi connectivity index (χ3n) is 5.32. The zero-order valence-corrected chi connectivity index (χ0v) is 12.9. The molecule has 2 nitrogen and oxygen atoms in total. The van der Waals surface area contributed by atoms with E-state index >= 15 is 0 Å². The Labute approximate surface area is 123 Å². The maximum Gasteiger partial charge on any atom is 0.0351 e. The molecule has 2 heterocycles. The van der Waals surface area contributed by atoms with Gasteiger partial charge in [0.2, 0.25) is 0 Å². The lowest BCUT2D eigenvalue weighted by atomic mass is 9.92. The van der Waals surface area contributed by atoms with Crippen LogP contribution in [0.4, 0.5) is 0 Å². The maximum absolute atomic E-state index is 3.59. The van der Waals surface area contributed by atoms with Crippen molar-refractivity contribution >= 4 is 0 Å². The van der Waals surface area contributed by atoms with Crippen LogP contribution in [0.3, 0.4) is 0 Å². The summed E-state index contributed by atoms with van der Waals surface area (Å²) in [5.41, 5.74) is 1.51. The van der Waals surface area contributed by atoms with Crippen molar-refractivity contribution in [3.05, 3.63) is 35.9 Å². The molecule has 1 aromatic rings. The van der Waals surface area contributed by atoms with Crippen LogP contribution in [0, 0.1) is 11.8 Å². The lowest BCUT2D eigenvalue weighted by Gasteiger charge is -2.35. The van der Waals surface area contributed by atoms with Gasteiger partial charge < -0.3 is 5.32 Å². The van der Waals surface area contributed by atoms with E-state index in [1.165, 1.54) is 44.5 Å². The third kappa shape index (κ3) is 2.51. The van der Waals surface area contributed by atoms with Crippen molar-refractivity contribution in [2.24, 2.45) is 11.8 Å². The third-order valence-corrected chi connectivity index (χ3v) is 5.32. The van der Waals surface area contributed by atoms with E-state index in [0.717, 1.165) is 17.9 Å². The number of hydrogen-bond donors (Lipinski definition) is 1. The number of nitrogens with one attached hydrogen (secondary N) is 1. The zero-order chi connectivity index (χ0) is 13.9. The van der Waals surface area contributed by atoms with Crippen molar-refractivity contribution in [3.8, 4) is 0 Å². The predicted molar refractivity (Wildman–Crippen MR) is 84.7 cm³/mol. The largest absolute Gasteiger partial charge is 0.316 e. The highest BCUT2D eigenvalue weighted by Gasteiger charge is 2.45. The van der Waals surface area contributed by atoms with Gasteiger partial charge in [0.05, 0.1) is 0 Å². The Bertz CT molecular complexity index is 417. The fourth-order valence-corrected chi connectivity index (χ4v) is 4.42. The molecule has 4 atom stereocenters. The smallest absolute Gasteiger partial charge is 0.0351 e. The summed E-state index contributed by atoms with van der Waals surface area (Å²) >= 11 is 0. The summed E-state index contributed by atoms with van der Waals surface area (Å²) in [5.74, 6) is 1.76. The van der Waals surface area contributed by atoms with Crippen molar-refractivity contribution in [3.63, 3.8) is 0 Å². The van der Waals surface area contributed by atoms with Crippen LogP contribution in [0.2, 0.25) is 0 Å². The van der Waals surface area contributed by atoms with Crippen molar-refractivity contribution < 1.29 is 0 Å². The first-order chi connectivity index (χ1) is 9.85. The summed E-state index contributed by atoms with van der Waals surface area (Å²) in [6.45, 7) is 8.43. The molecule has 3 rings (SSSR count). The van der Waals surface area contributed by atoms with E-state index < -0.39 is 0 Å². The summed E-state index contributed by atoms with van der Waals surface area (Å²) in [4.78, 5) is 2.83. The molecule has 0 amide bonds. The Balaban J connectivity index is 1.84. The van der Waals surface area contributed by atoms with Gasteiger partial charge in [-0.1, -0.05) is 50.6 Å². The van der Waals surface area contributed by atoms with Crippen molar-refractivity contribution in [1.29, 1.82) is 0 Å². The van der Waals surface area contributed by atoms with Gasteiger partial charge in [0, 0.05) is 18.6 Å². The Hall–Kier alpha value is -0.860. The quantitative estimate of drug-likeness (QED) is 0.883. The van der Waals surface area contributed by atoms with Crippen LogP contribution < -0.4 is 5.32 Å². The molecular weight excluding hydrogens is 244 g/mol.